The molecule has 1 fully saturated rings. The van der Waals surface area contributed by atoms with Crippen molar-refractivity contribution in [3.63, 3.8) is 0 Å². The molecule has 2 amide bonds. The fraction of sp³-hybridized carbons (Fsp3) is 0.364. The van der Waals surface area contributed by atoms with Gasteiger partial charge < -0.3 is 15.5 Å². The fourth-order valence-electron chi connectivity index (χ4n) is 3.84. The van der Waals surface area contributed by atoms with Gasteiger partial charge in [-0.15, -0.1) is 11.3 Å². The van der Waals surface area contributed by atoms with Crippen LogP contribution < -0.4 is 15.5 Å². The highest BCUT2D eigenvalue weighted by atomic mass is 32.1. The van der Waals surface area contributed by atoms with Gasteiger partial charge in [0.05, 0.1) is 5.39 Å². The van der Waals surface area contributed by atoms with Crippen molar-refractivity contribution in [2.75, 3.05) is 28.6 Å². The van der Waals surface area contributed by atoms with Gasteiger partial charge in [0.25, 0.3) is 0 Å². The molecule has 1 aliphatic rings. The van der Waals surface area contributed by atoms with E-state index in [0.29, 0.717) is 5.69 Å². The van der Waals surface area contributed by atoms with E-state index in [1.54, 1.807) is 41.9 Å². The normalized spacial score (nSPS) is 14.7. The number of carbonyl (C=O) groups excluding carboxylic acids is 2. The van der Waals surface area contributed by atoms with Crippen molar-refractivity contribution in [1.82, 2.24) is 9.97 Å². The number of aromatic nitrogens is 2. The lowest BCUT2D eigenvalue weighted by Gasteiger charge is -2.32. The van der Waals surface area contributed by atoms with Gasteiger partial charge in [-0.25, -0.2) is 9.97 Å². The van der Waals surface area contributed by atoms with Gasteiger partial charge in [0.15, 0.2) is 0 Å². The summed E-state index contributed by atoms with van der Waals surface area (Å²) in [6, 6.07) is 7.17. The molecule has 0 unspecified atom stereocenters. The van der Waals surface area contributed by atoms with Crippen molar-refractivity contribution >= 4 is 50.6 Å². The van der Waals surface area contributed by atoms with Gasteiger partial charge in [0.1, 0.15) is 17.0 Å². The molecule has 0 spiro atoms. The fourth-order valence-corrected chi connectivity index (χ4v) is 4.83. The van der Waals surface area contributed by atoms with Gasteiger partial charge in [0, 0.05) is 42.2 Å². The molecule has 3 heterocycles. The van der Waals surface area contributed by atoms with Crippen LogP contribution in [0.4, 0.5) is 17.2 Å². The van der Waals surface area contributed by atoms with Gasteiger partial charge in [-0.2, -0.15) is 0 Å². The lowest BCUT2D eigenvalue weighted by Crippen LogP contribution is -2.38. The van der Waals surface area contributed by atoms with Crippen molar-refractivity contribution in [3.05, 3.63) is 41.0 Å². The molecule has 156 valence electrons. The number of hydrogen-bond donors (Lipinski definition) is 2. The summed E-state index contributed by atoms with van der Waals surface area (Å²) in [6.45, 7) is 7.29. The number of thiophene rings is 1. The van der Waals surface area contributed by atoms with Gasteiger partial charge in [-0.3, -0.25) is 9.59 Å². The SMILES string of the molecule is CC(=O)Nc1ccc(NC(=O)C2CCN(c3ncnc4sc(C)c(C)c34)CC2)cc1. The number of hydrogen-bond acceptors (Lipinski definition) is 6. The Morgan fingerprint density at radius 3 is 2.30 bits per heavy atom. The molecule has 3 aromatic rings. The average molecular weight is 424 g/mol. The molecule has 1 saturated heterocycles. The van der Waals surface area contributed by atoms with Crippen LogP contribution in [-0.2, 0) is 9.59 Å². The number of amides is 2. The van der Waals surface area contributed by atoms with Crippen molar-refractivity contribution < 1.29 is 9.59 Å². The third-order valence-corrected chi connectivity index (χ3v) is 6.70. The Morgan fingerprint density at radius 2 is 1.67 bits per heavy atom. The largest absolute Gasteiger partial charge is 0.356 e. The minimum Gasteiger partial charge on any atom is -0.356 e. The summed E-state index contributed by atoms with van der Waals surface area (Å²) < 4.78 is 0. The maximum Gasteiger partial charge on any atom is 0.227 e. The molecule has 0 aliphatic carbocycles. The van der Waals surface area contributed by atoms with E-state index in [1.165, 1.54) is 17.4 Å². The molecule has 1 aliphatic heterocycles. The van der Waals surface area contributed by atoms with Gasteiger partial charge in [0.2, 0.25) is 11.8 Å². The molecule has 2 N–H and O–H groups in total. The number of benzene rings is 1. The Morgan fingerprint density at radius 1 is 1.03 bits per heavy atom. The Hall–Kier alpha value is -3.00. The Kier molecular flexibility index (Phi) is 5.67. The lowest BCUT2D eigenvalue weighted by molar-refractivity contribution is -0.120. The monoisotopic (exact) mass is 423 g/mol. The van der Waals surface area contributed by atoms with Crippen LogP contribution in [0.25, 0.3) is 10.2 Å². The minimum atomic E-state index is -0.118. The summed E-state index contributed by atoms with van der Waals surface area (Å²) in [5.41, 5.74) is 2.69. The van der Waals surface area contributed by atoms with Crippen molar-refractivity contribution in [1.29, 1.82) is 0 Å². The second-order valence-corrected chi connectivity index (χ2v) is 8.87. The molecule has 0 bridgehead atoms. The third-order valence-electron chi connectivity index (χ3n) is 5.58. The smallest absolute Gasteiger partial charge is 0.227 e. The van der Waals surface area contributed by atoms with E-state index >= 15 is 0 Å². The van der Waals surface area contributed by atoms with Crippen LogP contribution >= 0.6 is 11.3 Å². The van der Waals surface area contributed by atoms with Gasteiger partial charge in [-0.1, -0.05) is 0 Å². The first-order valence-electron chi connectivity index (χ1n) is 10.1. The van der Waals surface area contributed by atoms with Crippen LogP contribution in [0.5, 0.6) is 0 Å². The average Bonchev–Trinajstić information content (AvgIpc) is 3.03. The lowest BCUT2D eigenvalue weighted by atomic mass is 9.95. The first-order chi connectivity index (χ1) is 14.4. The summed E-state index contributed by atoms with van der Waals surface area (Å²) in [7, 11) is 0. The summed E-state index contributed by atoms with van der Waals surface area (Å²) >= 11 is 1.70. The first-order valence-corrected chi connectivity index (χ1v) is 10.9. The molecule has 1 aromatic carbocycles. The predicted molar refractivity (Wildman–Crippen MR) is 121 cm³/mol. The zero-order chi connectivity index (χ0) is 21.3. The highest BCUT2D eigenvalue weighted by Crippen LogP contribution is 2.35. The number of rotatable bonds is 4. The molecule has 0 radical (unpaired) electrons. The van der Waals surface area contributed by atoms with E-state index in [0.717, 1.165) is 47.7 Å². The first kappa shape index (κ1) is 20.3. The molecule has 2 aromatic heterocycles. The number of aryl methyl sites for hydroxylation is 2. The van der Waals surface area contributed by atoms with Crippen LogP contribution in [0.15, 0.2) is 30.6 Å². The van der Waals surface area contributed by atoms with Crippen LogP contribution in [-0.4, -0.2) is 34.9 Å². The van der Waals surface area contributed by atoms with Crippen LogP contribution in [0.3, 0.4) is 0 Å². The topological polar surface area (TPSA) is 87.2 Å². The summed E-state index contributed by atoms with van der Waals surface area (Å²) in [5, 5.41) is 6.86. The molecular weight excluding hydrogens is 398 g/mol. The molecule has 8 heteroatoms. The predicted octanol–water partition coefficient (Wildman–Crippen LogP) is 4.12. The number of anilines is 3. The van der Waals surface area contributed by atoms with Crippen molar-refractivity contribution in [3.8, 4) is 0 Å². The summed E-state index contributed by atoms with van der Waals surface area (Å²) in [4.78, 5) is 37.4. The van der Waals surface area contributed by atoms with Crippen molar-refractivity contribution in [2.45, 2.75) is 33.6 Å². The Labute approximate surface area is 179 Å². The minimum absolute atomic E-state index is 0.0288. The molecule has 30 heavy (non-hydrogen) atoms. The summed E-state index contributed by atoms with van der Waals surface area (Å²) in [6.07, 6.45) is 3.20. The molecule has 0 saturated carbocycles. The van der Waals surface area contributed by atoms with Gasteiger partial charge >= 0.3 is 0 Å². The van der Waals surface area contributed by atoms with E-state index in [9.17, 15) is 9.59 Å². The van der Waals surface area contributed by atoms with E-state index in [2.05, 4.69) is 39.3 Å². The van der Waals surface area contributed by atoms with E-state index < -0.39 is 0 Å². The third kappa shape index (κ3) is 4.14. The van der Waals surface area contributed by atoms with Crippen LogP contribution in [0, 0.1) is 19.8 Å². The molecule has 4 rings (SSSR count). The van der Waals surface area contributed by atoms with E-state index in [-0.39, 0.29) is 17.7 Å². The summed E-state index contributed by atoms with van der Waals surface area (Å²) in [5.74, 6) is 0.873. The molecule has 7 nitrogen and oxygen atoms in total. The highest BCUT2D eigenvalue weighted by molar-refractivity contribution is 7.18. The van der Waals surface area contributed by atoms with E-state index in [4.69, 9.17) is 0 Å². The number of piperidine rings is 1. The Bertz CT molecular complexity index is 1080. The second kappa shape index (κ2) is 8.39. The number of nitrogens with one attached hydrogen (secondary N) is 2. The van der Waals surface area contributed by atoms with Crippen molar-refractivity contribution in [2.24, 2.45) is 5.92 Å². The zero-order valence-electron chi connectivity index (χ0n) is 17.4. The van der Waals surface area contributed by atoms with Gasteiger partial charge in [-0.05, 0) is 56.5 Å². The van der Waals surface area contributed by atoms with Crippen LogP contribution in [0.1, 0.15) is 30.2 Å². The highest BCUT2D eigenvalue weighted by Gasteiger charge is 2.27. The molecule has 0 atom stereocenters. The molecular formula is C22H25N5O2S. The number of nitrogens with zero attached hydrogens (tertiary/aromatic N) is 3. The number of carbonyl (C=O) groups is 2. The maximum absolute atomic E-state index is 12.7. The Balaban J connectivity index is 1.39. The zero-order valence-corrected chi connectivity index (χ0v) is 18.2. The van der Waals surface area contributed by atoms with Crippen LogP contribution in [0.2, 0.25) is 0 Å². The standard InChI is InChI=1S/C22H25N5O2S/c1-13-14(2)30-22-19(13)20(23-12-24-22)27-10-8-16(9-11-27)21(29)26-18-6-4-17(5-7-18)25-15(3)28/h4-7,12,16H,8-11H2,1-3H3,(H,25,28)(H,26,29). The second-order valence-electron chi connectivity index (χ2n) is 7.67. The quantitative estimate of drug-likeness (QED) is 0.659. The van der Waals surface area contributed by atoms with E-state index in [1.807, 2.05) is 0 Å². The number of fused-ring (bicyclic) bond motifs is 1. The maximum atomic E-state index is 12.7.